The number of fused-ring (bicyclic) bond motifs is 1. The standard InChI is InChI=1S/C26H27FN4O2/c1-17(20-9-5-4-6-10-20)13-28-24(32)16-31-26(33)25-19(3)30(18(2)22(25)14-29-31)15-21-11-7-8-12-23(21)27/h4-12,14,17H,13,15-16H2,1-3H3,(H,28,32)/t17-/m1/s1. The number of rotatable bonds is 7. The summed E-state index contributed by atoms with van der Waals surface area (Å²) in [6, 6.07) is 16.5. The van der Waals surface area contributed by atoms with Crippen LogP contribution in [0.3, 0.4) is 0 Å². The van der Waals surface area contributed by atoms with E-state index in [-0.39, 0.29) is 29.7 Å². The largest absolute Gasteiger partial charge is 0.354 e. The average molecular weight is 447 g/mol. The van der Waals surface area contributed by atoms with Crippen LogP contribution in [0.4, 0.5) is 4.39 Å². The Kier molecular flexibility index (Phi) is 6.40. The first-order valence-electron chi connectivity index (χ1n) is 11.0. The zero-order chi connectivity index (χ0) is 23.5. The van der Waals surface area contributed by atoms with Crippen molar-refractivity contribution in [2.45, 2.75) is 39.8 Å². The Hall–Kier alpha value is -3.74. The summed E-state index contributed by atoms with van der Waals surface area (Å²) in [7, 11) is 0. The van der Waals surface area contributed by atoms with E-state index in [1.54, 1.807) is 24.4 Å². The smallest absolute Gasteiger partial charge is 0.276 e. The first-order valence-corrected chi connectivity index (χ1v) is 11.0. The minimum Gasteiger partial charge on any atom is -0.354 e. The molecule has 0 aliphatic rings. The van der Waals surface area contributed by atoms with Crippen LogP contribution < -0.4 is 10.9 Å². The molecule has 0 aliphatic carbocycles. The summed E-state index contributed by atoms with van der Waals surface area (Å²) >= 11 is 0. The van der Waals surface area contributed by atoms with Gasteiger partial charge in [0.2, 0.25) is 5.91 Å². The molecule has 2 aromatic carbocycles. The first-order chi connectivity index (χ1) is 15.9. The number of amides is 1. The molecule has 4 aromatic rings. The zero-order valence-corrected chi connectivity index (χ0v) is 19.0. The molecule has 0 saturated carbocycles. The van der Waals surface area contributed by atoms with Crippen molar-refractivity contribution in [1.29, 1.82) is 0 Å². The SMILES string of the molecule is Cc1c2cnn(CC(=O)NC[C@@H](C)c3ccccc3)c(=O)c2c(C)n1Cc1ccccc1F. The molecule has 0 aliphatic heterocycles. The van der Waals surface area contributed by atoms with Crippen molar-refractivity contribution in [1.82, 2.24) is 19.7 Å². The topological polar surface area (TPSA) is 68.9 Å². The number of aromatic nitrogens is 3. The van der Waals surface area contributed by atoms with Crippen LogP contribution in [0, 0.1) is 19.7 Å². The fourth-order valence-electron chi connectivity index (χ4n) is 4.15. The molecule has 1 amide bonds. The van der Waals surface area contributed by atoms with Gasteiger partial charge in [0.15, 0.2) is 0 Å². The fourth-order valence-corrected chi connectivity index (χ4v) is 4.15. The molecule has 0 fully saturated rings. The molecule has 1 N–H and O–H groups in total. The van der Waals surface area contributed by atoms with Gasteiger partial charge in [-0.1, -0.05) is 55.5 Å². The summed E-state index contributed by atoms with van der Waals surface area (Å²) in [6.45, 7) is 6.39. The Morgan fingerprint density at radius 3 is 2.48 bits per heavy atom. The van der Waals surface area contributed by atoms with Crippen molar-refractivity contribution in [3.63, 3.8) is 0 Å². The third-order valence-electron chi connectivity index (χ3n) is 6.16. The van der Waals surface area contributed by atoms with Crippen LogP contribution in [0.2, 0.25) is 0 Å². The Morgan fingerprint density at radius 2 is 1.76 bits per heavy atom. The van der Waals surface area contributed by atoms with E-state index in [2.05, 4.69) is 10.4 Å². The maximum Gasteiger partial charge on any atom is 0.276 e. The molecule has 0 saturated heterocycles. The molecule has 33 heavy (non-hydrogen) atoms. The predicted octanol–water partition coefficient (Wildman–Crippen LogP) is 3.92. The molecule has 170 valence electrons. The van der Waals surface area contributed by atoms with Gasteiger partial charge in [0.05, 0.1) is 18.1 Å². The Labute approximate surface area is 191 Å². The molecule has 0 radical (unpaired) electrons. The Bertz CT molecular complexity index is 1360. The van der Waals surface area contributed by atoms with Crippen LogP contribution in [0.5, 0.6) is 0 Å². The second-order valence-electron chi connectivity index (χ2n) is 8.36. The summed E-state index contributed by atoms with van der Waals surface area (Å²) < 4.78 is 17.3. The summed E-state index contributed by atoms with van der Waals surface area (Å²) in [5.74, 6) is -0.405. The number of carbonyl (C=O) groups excluding carboxylic acids is 1. The van der Waals surface area contributed by atoms with E-state index in [0.717, 1.165) is 17.0 Å². The normalized spacial score (nSPS) is 12.1. The van der Waals surface area contributed by atoms with Crippen molar-refractivity contribution in [3.8, 4) is 0 Å². The van der Waals surface area contributed by atoms with E-state index in [0.29, 0.717) is 29.4 Å². The van der Waals surface area contributed by atoms with E-state index in [4.69, 9.17) is 0 Å². The number of aryl methyl sites for hydroxylation is 2. The number of benzene rings is 2. The predicted molar refractivity (Wildman–Crippen MR) is 127 cm³/mol. The van der Waals surface area contributed by atoms with Gasteiger partial charge in [0.25, 0.3) is 5.56 Å². The van der Waals surface area contributed by atoms with E-state index < -0.39 is 0 Å². The molecule has 7 heteroatoms. The van der Waals surface area contributed by atoms with Crippen molar-refractivity contribution in [3.05, 3.63) is 99.5 Å². The van der Waals surface area contributed by atoms with Gasteiger partial charge < -0.3 is 9.88 Å². The summed E-state index contributed by atoms with van der Waals surface area (Å²) in [5.41, 5.74) is 2.92. The highest BCUT2D eigenvalue weighted by atomic mass is 19.1. The lowest BCUT2D eigenvalue weighted by atomic mass is 10.0. The van der Waals surface area contributed by atoms with Crippen LogP contribution in [-0.4, -0.2) is 26.8 Å². The highest BCUT2D eigenvalue weighted by molar-refractivity contribution is 5.87. The highest BCUT2D eigenvalue weighted by Crippen LogP contribution is 2.23. The Balaban J connectivity index is 1.54. The quantitative estimate of drug-likeness (QED) is 0.468. The number of carbonyl (C=O) groups is 1. The first kappa shape index (κ1) is 22.5. The summed E-state index contributed by atoms with van der Waals surface area (Å²) in [4.78, 5) is 25.7. The lowest BCUT2D eigenvalue weighted by Crippen LogP contribution is -2.35. The van der Waals surface area contributed by atoms with E-state index in [1.165, 1.54) is 10.7 Å². The Morgan fingerprint density at radius 1 is 1.06 bits per heavy atom. The lowest BCUT2D eigenvalue weighted by molar-refractivity contribution is -0.121. The van der Waals surface area contributed by atoms with Crippen molar-refractivity contribution in [2.24, 2.45) is 0 Å². The third kappa shape index (κ3) is 4.58. The third-order valence-corrected chi connectivity index (χ3v) is 6.16. The van der Waals surface area contributed by atoms with Gasteiger partial charge >= 0.3 is 0 Å². The van der Waals surface area contributed by atoms with Gasteiger partial charge in [0.1, 0.15) is 12.4 Å². The number of nitrogens with zero attached hydrogens (tertiary/aromatic N) is 3. The molecule has 6 nitrogen and oxygen atoms in total. The lowest BCUT2D eigenvalue weighted by Gasteiger charge is -2.13. The van der Waals surface area contributed by atoms with Gasteiger partial charge in [-0.2, -0.15) is 5.10 Å². The van der Waals surface area contributed by atoms with Crippen LogP contribution in [0.15, 0.2) is 65.6 Å². The van der Waals surface area contributed by atoms with Crippen molar-refractivity contribution < 1.29 is 9.18 Å². The maximum atomic E-state index is 14.2. The van der Waals surface area contributed by atoms with Crippen LogP contribution in [0.1, 0.15) is 35.4 Å². The van der Waals surface area contributed by atoms with E-state index in [9.17, 15) is 14.0 Å². The van der Waals surface area contributed by atoms with Crippen LogP contribution in [0.25, 0.3) is 10.8 Å². The zero-order valence-electron chi connectivity index (χ0n) is 19.0. The van der Waals surface area contributed by atoms with Crippen molar-refractivity contribution in [2.75, 3.05) is 6.54 Å². The maximum absolute atomic E-state index is 14.2. The molecular weight excluding hydrogens is 419 g/mol. The minimum absolute atomic E-state index is 0.152. The summed E-state index contributed by atoms with van der Waals surface area (Å²) in [5, 5.41) is 8.33. The second-order valence-corrected chi connectivity index (χ2v) is 8.36. The average Bonchev–Trinajstić information content (AvgIpc) is 3.06. The molecular formula is C26H27FN4O2. The number of hydrogen-bond donors (Lipinski definition) is 1. The molecule has 0 bridgehead atoms. The number of halogens is 1. The van der Waals surface area contributed by atoms with Gasteiger partial charge in [-0.05, 0) is 31.4 Å². The van der Waals surface area contributed by atoms with E-state index >= 15 is 0 Å². The number of hydrogen-bond acceptors (Lipinski definition) is 3. The second kappa shape index (κ2) is 9.40. The molecule has 1 atom stereocenters. The number of nitrogens with one attached hydrogen (secondary N) is 1. The van der Waals surface area contributed by atoms with Crippen LogP contribution >= 0.6 is 0 Å². The molecule has 0 unspecified atom stereocenters. The van der Waals surface area contributed by atoms with Gasteiger partial charge in [0, 0.05) is 28.9 Å². The summed E-state index contributed by atoms with van der Waals surface area (Å²) in [6.07, 6.45) is 1.61. The van der Waals surface area contributed by atoms with Crippen molar-refractivity contribution >= 4 is 16.7 Å². The molecule has 4 rings (SSSR count). The monoisotopic (exact) mass is 446 g/mol. The molecule has 2 aromatic heterocycles. The van der Waals surface area contributed by atoms with Gasteiger partial charge in [-0.25, -0.2) is 9.07 Å². The molecule has 2 heterocycles. The van der Waals surface area contributed by atoms with Gasteiger partial charge in [-0.15, -0.1) is 0 Å². The highest BCUT2D eigenvalue weighted by Gasteiger charge is 2.18. The molecule has 0 spiro atoms. The van der Waals surface area contributed by atoms with Gasteiger partial charge in [-0.3, -0.25) is 9.59 Å². The van der Waals surface area contributed by atoms with Crippen LogP contribution in [-0.2, 0) is 17.9 Å². The van der Waals surface area contributed by atoms with E-state index in [1.807, 2.05) is 55.7 Å². The fraction of sp³-hybridized carbons (Fsp3) is 0.269. The minimum atomic E-state index is -0.327.